The van der Waals surface area contributed by atoms with Crippen LogP contribution in [-0.4, -0.2) is 41.7 Å². The van der Waals surface area contributed by atoms with Crippen molar-refractivity contribution >= 4 is 5.91 Å². The Labute approximate surface area is 160 Å². The lowest BCUT2D eigenvalue weighted by atomic mass is 10.2. The van der Waals surface area contributed by atoms with Crippen LogP contribution >= 0.6 is 0 Å². The van der Waals surface area contributed by atoms with E-state index in [4.69, 9.17) is 14.6 Å². The van der Waals surface area contributed by atoms with Crippen molar-refractivity contribution in [3.05, 3.63) is 59.7 Å². The summed E-state index contributed by atoms with van der Waals surface area (Å²) in [5, 5.41) is 9.01. The van der Waals surface area contributed by atoms with E-state index < -0.39 is 11.7 Å². The Morgan fingerprint density at radius 1 is 1.07 bits per heavy atom. The first-order valence-electron chi connectivity index (χ1n) is 8.79. The van der Waals surface area contributed by atoms with E-state index >= 15 is 0 Å². The van der Waals surface area contributed by atoms with Crippen molar-refractivity contribution in [2.24, 2.45) is 0 Å². The van der Waals surface area contributed by atoms with Gasteiger partial charge in [-0.05, 0) is 42.0 Å². The summed E-state index contributed by atoms with van der Waals surface area (Å²) in [6.45, 7) is 0.669. The highest BCUT2D eigenvalue weighted by molar-refractivity contribution is 5.78. The Bertz CT molecular complexity index is 791. The lowest BCUT2D eigenvalue weighted by Crippen LogP contribution is -2.34. The number of amides is 1. The molecule has 28 heavy (non-hydrogen) atoms. The number of benzene rings is 2. The van der Waals surface area contributed by atoms with Gasteiger partial charge in [-0.1, -0.05) is 12.1 Å². The Hall–Kier alpha value is -2.74. The minimum atomic E-state index is -4.38. The molecule has 0 bridgehead atoms. The van der Waals surface area contributed by atoms with Crippen LogP contribution in [0.4, 0.5) is 13.2 Å². The maximum atomic E-state index is 12.6. The highest BCUT2D eigenvalue weighted by atomic mass is 19.4. The minimum absolute atomic E-state index is 0.0622. The molecule has 150 valence electrons. The fraction of sp³-hybridized carbons (Fsp3) is 0.350. The lowest BCUT2D eigenvalue weighted by Gasteiger charge is -2.18. The molecule has 0 radical (unpaired) electrons. The number of aliphatic hydroxyl groups is 1. The van der Waals surface area contributed by atoms with Crippen molar-refractivity contribution in [1.29, 1.82) is 0 Å². The molecule has 0 spiro atoms. The number of rotatable bonds is 6. The van der Waals surface area contributed by atoms with Crippen molar-refractivity contribution in [3.63, 3.8) is 0 Å². The SMILES string of the molecule is O=C(COc1ccc(CO)cc1)N1CC[C@H](Oc2ccc(C(F)(F)F)cc2)C1. The van der Waals surface area contributed by atoms with E-state index in [0.717, 1.165) is 17.7 Å². The molecule has 1 amide bonds. The molecule has 1 heterocycles. The molecule has 1 saturated heterocycles. The van der Waals surface area contributed by atoms with Crippen LogP contribution in [0.1, 0.15) is 17.5 Å². The van der Waals surface area contributed by atoms with E-state index in [-0.39, 0.29) is 25.2 Å². The van der Waals surface area contributed by atoms with Gasteiger partial charge in [0.2, 0.25) is 0 Å². The number of aliphatic hydroxyl groups excluding tert-OH is 1. The van der Waals surface area contributed by atoms with Crippen LogP contribution in [0.5, 0.6) is 11.5 Å². The summed E-state index contributed by atoms with van der Waals surface area (Å²) in [6.07, 6.45) is -4.06. The molecule has 2 aromatic carbocycles. The van der Waals surface area contributed by atoms with Crippen molar-refractivity contribution in [2.75, 3.05) is 19.7 Å². The summed E-state index contributed by atoms with van der Waals surface area (Å²) in [4.78, 5) is 13.9. The second-order valence-electron chi connectivity index (χ2n) is 6.48. The molecule has 8 heteroatoms. The van der Waals surface area contributed by atoms with Crippen LogP contribution < -0.4 is 9.47 Å². The van der Waals surface area contributed by atoms with Crippen molar-refractivity contribution in [1.82, 2.24) is 4.90 Å². The minimum Gasteiger partial charge on any atom is -0.489 e. The maximum absolute atomic E-state index is 12.6. The Balaban J connectivity index is 1.47. The molecule has 5 nitrogen and oxygen atoms in total. The van der Waals surface area contributed by atoms with Gasteiger partial charge in [0.05, 0.1) is 18.7 Å². The second-order valence-corrected chi connectivity index (χ2v) is 6.48. The van der Waals surface area contributed by atoms with Crippen LogP contribution in [0.2, 0.25) is 0 Å². The Morgan fingerprint density at radius 2 is 1.71 bits per heavy atom. The van der Waals surface area contributed by atoms with E-state index in [1.165, 1.54) is 12.1 Å². The molecule has 2 aromatic rings. The summed E-state index contributed by atoms with van der Waals surface area (Å²) in [5.74, 6) is 0.680. The van der Waals surface area contributed by atoms with Gasteiger partial charge >= 0.3 is 6.18 Å². The zero-order chi connectivity index (χ0) is 20.1. The molecule has 1 aliphatic rings. The summed E-state index contributed by atoms with van der Waals surface area (Å²) in [6, 6.07) is 11.3. The second kappa shape index (κ2) is 8.52. The van der Waals surface area contributed by atoms with E-state index in [0.29, 0.717) is 31.0 Å². The van der Waals surface area contributed by atoms with Crippen molar-refractivity contribution in [3.8, 4) is 11.5 Å². The molecule has 1 fully saturated rings. The molecule has 1 N–H and O–H groups in total. The van der Waals surface area contributed by atoms with E-state index in [1.807, 2.05) is 0 Å². The summed E-state index contributed by atoms with van der Waals surface area (Å²) < 4.78 is 48.9. The quantitative estimate of drug-likeness (QED) is 0.816. The predicted molar refractivity (Wildman–Crippen MR) is 94.9 cm³/mol. The zero-order valence-corrected chi connectivity index (χ0v) is 15.0. The van der Waals surface area contributed by atoms with Crippen molar-refractivity contribution in [2.45, 2.75) is 25.3 Å². The highest BCUT2D eigenvalue weighted by Gasteiger charge is 2.31. The molecule has 0 aromatic heterocycles. The number of ether oxygens (including phenoxy) is 2. The standard InChI is InChI=1S/C20H20F3NO4/c21-20(22,23)15-3-7-17(8-4-15)28-18-9-10-24(11-18)19(26)13-27-16-5-1-14(12-25)2-6-16/h1-8,18,25H,9-13H2/t18-/m0/s1. The third kappa shape index (κ3) is 5.16. The summed E-state index contributed by atoms with van der Waals surface area (Å²) >= 11 is 0. The number of likely N-dealkylation sites (tertiary alicyclic amines) is 1. The third-order valence-electron chi connectivity index (χ3n) is 4.45. The van der Waals surface area contributed by atoms with Gasteiger partial charge in [0.1, 0.15) is 17.6 Å². The van der Waals surface area contributed by atoms with Crippen LogP contribution in [0.3, 0.4) is 0 Å². The topological polar surface area (TPSA) is 59.0 Å². The van der Waals surface area contributed by atoms with Gasteiger partial charge in [0.25, 0.3) is 5.91 Å². The van der Waals surface area contributed by atoms with Gasteiger partial charge in [0, 0.05) is 13.0 Å². The van der Waals surface area contributed by atoms with Crippen LogP contribution in [0, 0.1) is 0 Å². The van der Waals surface area contributed by atoms with Gasteiger partial charge in [-0.15, -0.1) is 0 Å². The maximum Gasteiger partial charge on any atom is 0.416 e. The summed E-state index contributed by atoms with van der Waals surface area (Å²) in [5.41, 5.74) is 0.0220. The van der Waals surface area contributed by atoms with Gasteiger partial charge in [-0.2, -0.15) is 13.2 Å². The number of nitrogens with zero attached hydrogens (tertiary/aromatic N) is 1. The number of hydrogen-bond donors (Lipinski definition) is 1. The molecule has 0 unspecified atom stereocenters. The molecule has 1 atom stereocenters. The van der Waals surface area contributed by atoms with Crippen LogP contribution in [0.25, 0.3) is 0 Å². The largest absolute Gasteiger partial charge is 0.489 e. The van der Waals surface area contributed by atoms with Gasteiger partial charge in [-0.25, -0.2) is 0 Å². The smallest absolute Gasteiger partial charge is 0.416 e. The third-order valence-corrected chi connectivity index (χ3v) is 4.45. The normalized spacial score (nSPS) is 16.9. The van der Waals surface area contributed by atoms with E-state index in [1.54, 1.807) is 29.2 Å². The fourth-order valence-corrected chi connectivity index (χ4v) is 2.89. The zero-order valence-electron chi connectivity index (χ0n) is 15.0. The number of halogens is 3. The molecule has 1 aliphatic heterocycles. The first-order chi connectivity index (χ1) is 13.3. The van der Waals surface area contributed by atoms with Crippen LogP contribution in [-0.2, 0) is 17.6 Å². The van der Waals surface area contributed by atoms with E-state index in [2.05, 4.69) is 0 Å². The van der Waals surface area contributed by atoms with Gasteiger partial charge in [-0.3, -0.25) is 4.79 Å². The molecule has 0 saturated carbocycles. The van der Waals surface area contributed by atoms with Gasteiger partial charge < -0.3 is 19.5 Å². The number of carbonyl (C=O) groups excluding carboxylic acids is 1. The first-order valence-corrected chi connectivity index (χ1v) is 8.79. The number of hydrogen-bond acceptors (Lipinski definition) is 4. The van der Waals surface area contributed by atoms with E-state index in [9.17, 15) is 18.0 Å². The predicted octanol–water partition coefficient (Wildman–Crippen LogP) is 3.26. The van der Waals surface area contributed by atoms with Crippen molar-refractivity contribution < 1.29 is 32.5 Å². The monoisotopic (exact) mass is 395 g/mol. The first kappa shape index (κ1) is 20.0. The fourth-order valence-electron chi connectivity index (χ4n) is 2.89. The molecule has 0 aliphatic carbocycles. The molecule has 3 rings (SSSR count). The molecular weight excluding hydrogens is 375 g/mol. The average Bonchev–Trinajstić information content (AvgIpc) is 3.15. The van der Waals surface area contributed by atoms with Crippen LogP contribution in [0.15, 0.2) is 48.5 Å². The number of carbonyl (C=O) groups is 1. The average molecular weight is 395 g/mol. The molecular formula is C20H20F3NO4. The van der Waals surface area contributed by atoms with Gasteiger partial charge in [0.15, 0.2) is 6.61 Å². The Morgan fingerprint density at radius 3 is 2.32 bits per heavy atom. The summed E-state index contributed by atoms with van der Waals surface area (Å²) in [7, 11) is 0. The highest BCUT2D eigenvalue weighted by Crippen LogP contribution is 2.30. The number of alkyl halides is 3. The lowest BCUT2D eigenvalue weighted by molar-refractivity contribution is -0.137. The Kier molecular flexibility index (Phi) is 6.08.